The Morgan fingerprint density at radius 3 is 2.85 bits per heavy atom. The van der Waals surface area contributed by atoms with E-state index in [9.17, 15) is 9.90 Å². The Morgan fingerprint density at radius 1 is 1.25 bits per heavy atom. The number of carboxylic acid groups (broad SMARTS) is 1. The summed E-state index contributed by atoms with van der Waals surface area (Å²) in [6, 6.07) is 10.1. The number of aromatic carboxylic acids is 1. The fourth-order valence-electron chi connectivity index (χ4n) is 2.17. The van der Waals surface area contributed by atoms with Crippen LogP contribution in [0.2, 0.25) is 0 Å². The van der Waals surface area contributed by atoms with Gasteiger partial charge >= 0.3 is 5.97 Å². The third kappa shape index (κ3) is 2.21. The van der Waals surface area contributed by atoms with E-state index in [-0.39, 0.29) is 11.3 Å². The van der Waals surface area contributed by atoms with Crippen LogP contribution in [0.5, 0.6) is 5.75 Å². The Labute approximate surface area is 114 Å². The molecule has 1 aromatic carbocycles. The molecule has 0 aliphatic heterocycles. The molecule has 0 amide bonds. The molecule has 0 bridgehead atoms. The van der Waals surface area contributed by atoms with Crippen molar-refractivity contribution in [2.75, 3.05) is 0 Å². The third-order valence-electron chi connectivity index (χ3n) is 3.13. The number of aromatic hydroxyl groups is 1. The molecule has 5 nitrogen and oxygen atoms in total. The highest BCUT2D eigenvalue weighted by molar-refractivity contribution is 5.88. The maximum absolute atomic E-state index is 10.9. The molecule has 100 valence electrons. The SMILES string of the molecule is O=C(O)c1ccn2c(Cc3cccc(O)c3)ncc2c1. The molecule has 0 aliphatic carbocycles. The minimum absolute atomic E-state index is 0.219. The number of rotatable bonds is 3. The lowest BCUT2D eigenvalue weighted by molar-refractivity contribution is 0.0697. The zero-order valence-corrected chi connectivity index (χ0v) is 10.5. The number of aromatic nitrogens is 2. The van der Waals surface area contributed by atoms with E-state index in [0.717, 1.165) is 16.9 Å². The summed E-state index contributed by atoms with van der Waals surface area (Å²) in [5, 5.41) is 18.4. The van der Waals surface area contributed by atoms with Gasteiger partial charge in [-0.3, -0.25) is 0 Å². The molecule has 0 spiro atoms. The van der Waals surface area contributed by atoms with Gasteiger partial charge in [0.05, 0.1) is 17.3 Å². The highest BCUT2D eigenvalue weighted by atomic mass is 16.4. The first kappa shape index (κ1) is 12.2. The molecule has 3 rings (SSSR count). The number of pyridine rings is 1. The average molecular weight is 268 g/mol. The lowest BCUT2D eigenvalue weighted by Gasteiger charge is -2.03. The molecular weight excluding hydrogens is 256 g/mol. The van der Waals surface area contributed by atoms with Crippen LogP contribution in [0.4, 0.5) is 0 Å². The molecular formula is C15H12N2O3. The lowest BCUT2D eigenvalue weighted by Crippen LogP contribution is -2.00. The second-order valence-corrected chi connectivity index (χ2v) is 4.54. The quantitative estimate of drug-likeness (QED) is 0.764. The van der Waals surface area contributed by atoms with Crippen molar-refractivity contribution in [3.8, 4) is 5.75 Å². The van der Waals surface area contributed by atoms with Gasteiger partial charge in [0.15, 0.2) is 0 Å². The van der Waals surface area contributed by atoms with E-state index in [1.54, 1.807) is 42.7 Å². The van der Waals surface area contributed by atoms with Gasteiger partial charge in [0.1, 0.15) is 11.6 Å². The van der Waals surface area contributed by atoms with E-state index >= 15 is 0 Å². The highest BCUT2D eigenvalue weighted by Gasteiger charge is 2.08. The van der Waals surface area contributed by atoms with Gasteiger partial charge in [0.2, 0.25) is 0 Å². The lowest BCUT2D eigenvalue weighted by atomic mass is 10.1. The van der Waals surface area contributed by atoms with Crippen LogP contribution < -0.4 is 0 Å². The van der Waals surface area contributed by atoms with Crippen LogP contribution in [0, 0.1) is 0 Å². The monoisotopic (exact) mass is 268 g/mol. The Morgan fingerprint density at radius 2 is 2.10 bits per heavy atom. The molecule has 3 aromatic rings. The first-order valence-corrected chi connectivity index (χ1v) is 6.11. The summed E-state index contributed by atoms with van der Waals surface area (Å²) in [5.41, 5.74) is 1.92. The molecule has 0 saturated carbocycles. The largest absolute Gasteiger partial charge is 0.508 e. The van der Waals surface area contributed by atoms with E-state index in [4.69, 9.17) is 5.11 Å². The maximum atomic E-state index is 10.9. The van der Waals surface area contributed by atoms with Gasteiger partial charge in [-0.25, -0.2) is 9.78 Å². The standard InChI is InChI=1S/C15H12N2O3/c18-13-3-1-2-10(6-13)7-14-16-9-12-8-11(15(19)20)4-5-17(12)14/h1-6,8-9,18H,7H2,(H,19,20). The summed E-state index contributed by atoms with van der Waals surface area (Å²) >= 11 is 0. The summed E-state index contributed by atoms with van der Waals surface area (Å²) < 4.78 is 1.84. The van der Waals surface area contributed by atoms with Crippen LogP contribution in [0.15, 0.2) is 48.8 Å². The van der Waals surface area contributed by atoms with Crippen LogP contribution in [-0.4, -0.2) is 25.6 Å². The summed E-state index contributed by atoms with van der Waals surface area (Å²) in [5.74, 6) is 0.0577. The predicted molar refractivity (Wildman–Crippen MR) is 73.1 cm³/mol. The zero-order chi connectivity index (χ0) is 14.1. The first-order valence-electron chi connectivity index (χ1n) is 6.11. The second-order valence-electron chi connectivity index (χ2n) is 4.54. The van der Waals surface area contributed by atoms with E-state index < -0.39 is 5.97 Å². The molecule has 0 unspecified atom stereocenters. The number of phenolic OH excluding ortho intramolecular Hbond substituents is 1. The first-order chi connectivity index (χ1) is 9.63. The second kappa shape index (κ2) is 4.70. The zero-order valence-electron chi connectivity index (χ0n) is 10.5. The summed E-state index contributed by atoms with van der Waals surface area (Å²) in [6.07, 6.45) is 3.91. The van der Waals surface area contributed by atoms with Gasteiger partial charge in [-0.2, -0.15) is 0 Å². The molecule has 20 heavy (non-hydrogen) atoms. The van der Waals surface area contributed by atoms with Crippen molar-refractivity contribution in [1.29, 1.82) is 0 Å². The molecule has 5 heteroatoms. The number of hydrogen-bond acceptors (Lipinski definition) is 3. The normalized spacial score (nSPS) is 10.8. The molecule has 0 fully saturated rings. The van der Waals surface area contributed by atoms with Gasteiger partial charge < -0.3 is 14.6 Å². The Kier molecular flexibility index (Phi) is 2.87. The van der Waals surface area contributed by atoms with Crippen LogP contribution in [0.25, 0.3) is 5.52 Å². The Balaban J connectivity index is 1.98. The van der Waals surface area contributed by atoms with E-state index in [2.05, 4.69) is 4.98 Å². The number of hydrogen-bond donors (Lipinski definition) is 2. The fourth-order valence-corrected chi connectivity index (χ4v) is 2.17. The molecule has 0 radical (unpaired) electrons. The van der Waals surface area contributed by atoms with Gasteiger partial charge in [-0.05, 0) is 29.8 Å². The fraction of sp³-hybridized carbons (Fsp3) is 0.0667. The molecule has 2 heterocycles. The van der Waals surface area contributed by atoms with Crippen molar-refractivity contribution < 1.29 is 15.0 Å². The molecule has 0 aliphatic rings. The number of carbonyl (C=O) groups is 1. The number of carboxylic acids is 1. The number of imidazole rings is 1. The predicted octanol–water partition coefficient (Wildman–Crippen LogP) is 2.33. The summed E-state index contributed by atoms with van der Waals surface area (Å²) in [6.45, 7) is 0. The van der Waals surface area contributed by atoms with E-state index in [0.29, 0.717) is 6.42 Å². The van der Waals surface area contributed by atoms with Crippen molar-refractivity contribution in [1.82, 2.24) is 9.38 Å². The third-order valence-corrected chi connectivity index (χ3v) is 3.13. The molecule has 0 atom stereocenters. The van der Waals surface area contributed by atoms with Crippen molar-refractivity contribution in [2.45, 2.75) is 6.42 Å². The Bertz CT molecular complexity index is 793. The average Bonchev–Trinajstić information content (AvgIpc) is 2.81. The topological polar surface area (TPSA) is 74.8 Å². The van der Waals surface area contributed by atoms with Crippen molar-refractivity contribution in [3.63, 3.8) is 0 Å². The molecule has 0 saturated heterocycles. The maximum Gasteiger partial charge on any atom is 0.335 e. The van der Waals surface area contributed by atoms with E-state index in [1.807, 2.05) is 10.5 Å². The number of fused-ring (bicyclic) bond motifs is 1. The summed E-state index contributed by atoms with van der Waals surface area (Å²) in [7, 11) is 0. The minimum Gasteiger partial charge on any atom is -0.508 e. The van der Waals surface area contributed by atoms with Gasteiger partial charge in [0.25, 0.3) is 0 Å². The Hall–Kier alpha value is -2.82. The summed E-state index contributed by atoms with van der Waals surface area (Å²) in [4.78, 5) is 15.2. The van der Waals surface area contributed by atoms with Crippen LogP contribution in [0.3, 0.4) is 0 Å². The number of benzene rings is 1. The highest BCUT2D eigenvalue weighted by Crippen LogP contribution is 2.16. The number of phenols is 1. The van der Waals surface area contributed by atoms with Gasteiger partial charge in [0, 0.05) is 12.6 Å². The van der Waals surface area contributed by atoms with Crippen LogP contribution in [0.1, 0.15) is 21.7 Å². The molecule has 2 N–H and O–H groups in total. The van der Waals surface area contributed by atoms with E-state index in [1.165, 1.54) is 0 Å². The van der Waals surface area contributed by atoms with Crippen molar-refractivity contribution in [3.05, 3.63) is 65.7 Å². The van der Waals surface area contributed by atoms with Crippen LogP contribution in [-0.2, 0) is 6.42 Å². The minimum atomic E-state index is -0.955. The van der Waals surface area contributed by atoms with Crippen LogP contribution >= 0.6 is 0 Å². The van der Waals surface area contributed by atoms with Crippen molar-refractivity contribution >= 4 is 11.5 Å². The molecule has 2 aromatic heterocycles. The number of nitrogens with zero attached hydrogens (tertiary/aromatic N) is 2. The van der Waals surface area contributed by atoms with Crippen molar-refractivity contribution in [2.24, 2.45) is 0 Å². The van der Waals surface area contributed by atoms with Gasteiger partial charge in [-0.1, -0.05) is 12.1 Å². The van der Waals surface area contributed by atoms with Gasteiger partial charge in [-0.15, -0.1) is 0 Å². The smallest absolute Gasteiger partial charge is 0.335 e.